The van der Waals surface area contributed by atoms with Crippen molar-refractivity contribution in [2.75, 3.05) is 11.9 Å². The third-order valence-electron chi connectivity index (χ3n) is 2.33. The summed E-state index contributed by atoms with van der Waals surface area (Å²) in [6.07, 6.45) is 4.30. The van der Waals surface area contributed by atoms with Crippen molar-refractivity contribution in [3.63, 3.8) is 0 Å². The number of hydrogen-bond acceptors (Lipinski definition) is 4. The second-order valence-electron chi connectivity index (χ2n) is 3.69. The van der Waals surface area contributed by atoms with Crippen molar-refractivity contribution < 1.29 is 14.3 Å². The van der Waals surface area contributed by atoms with Gasteiger partial charge in [0, 0.05) is 18.0 Å². The normalized spacial score (nSPS) is 9.50. The number of aliphatic hydroxyl groups is 1. The van der Waals surface area contributed by atoms with Crippen LogP contribution in [0.2, 0.25) is 0 Å². The number of hydrogen-bond donors (Lipinski definition) is 2. The quantitative estimate of drug-likeness (QED) is 0.805. The minimum atomic E-state index is -0.511. The van der Waals surface area contributed by atoms with Gasteiger partial charge in [0.15, 0.2) is 5.82 Å². The summed E-state index contributed by atoms with van der Waals surface area (Å²) in [5.74, 6) is 4.21. The van der Waals surface area contributed by atoms with Gasteiger partial charge in [-0.15, -0.1) is 0 Å². The number of rotatable bonds is 2. The molecule has 6 heteroatoms. The van der Waals surface area contributed by atoms with Crippen LogP contribution >= 0.6 is 0 Å². The zero-order valence-electron chi connectivity index (χ0n) is 10.3. The Morgan fingerprint density at radius 1 is 1.40 bits per heavy atom. The molecule has 2 aromatic rings. The first kappa shape index (κ1) is 13.6. The van der Waals surface area contributed by atoms with Gasteiger partial charge in [-0.3, -0.25) is 9.78 Å². The smallest absolute Gasteiger partial charge is 0.258 e. The van der Waals surface area contributed by atoms with E-state index in [1.54, 1.807) is 0 Å². The van der Waals surface area contributed by atoms with Crippen molar-refractivity contribution in [1.82, 2.24) is 9.97 Å². The Morgan fingerprint density at radius 3 is 2.95 bits per heavy atom. The van der Waals surface area contributed by atoms with Gasteiger partial charge in [0.1, 0.15) is 12.4 Å². The highest BCUT2D eigenvalue weighted by Crippen LogP contribution is 2.12. The van der Waals surface area contributed by atoms with Gasteiger partial charge in [-0.2, -0.15) is 0 Å². The summed E-state index contributed by atoms with van der Waals surface area (Å²) in [6, 6.07) is 3.62. The molecule has 20 heavy (non-hydrogen) atoms. The fourth-order valence-electron chi connectivity index (χ4n) is 1.50. The molecule has 0 atom stereocenters. The van der Waals surface area contributed by atoms with Crippen molar-refractivity contribution in [3.05, 3.63) is 53.7 Å². The molecule has 0 saturated heterocycles. The number of aliphatic hydroxyl groups excluding tert-OH is 1. The van der Waals surface area contributed by atoms with E-state index < -0.39 is 11.7 Å². The molecule has 0 saturated carbocycles. The molecule has 1 aromatic carbocycles. The van der Waals surface area contributed by atoms with Crippen molar-refractivity contribution in [2.45, 2.75) is 0 Å². The number of anilines is 1. The Kier molecular flexibility index (Phi) is 4.37. The van der Waals surface area contributed by atoms with Crippen LogP contribution in [0.1, 0.15) is 15.9 Å². The van der Waals surface area contributed by atoms with Crippen LogP contribution in [0, 0.1) is 17.7 Å². The number of nitrogens with one attached hydrogen (secondary N) is 1. The van der Waals surface area contributed by atoms with E-state index in [1.165, 1.54) is 24.7 Å². The van der Waals surface area contributed by atoms with Crippen LogP contribution in [0.5, 0.6) is 0 Å². The Hall–Kier alpha value is -2.78. The number of aromatic nitrogens is 2. The van der Waals surface area contributed by atoms with Gasteiger partial charge in [-0.25, -0.2) is 9.37 Å². The van der Waals surface area contributed by atoms with Gasteiger partial charge >= 0.3 is 0 Å². The predicted molar refractivity (Wildman–Crippen MR) is 70.3 cm³/mol. The summed E-state index contributed by atoms with van der Waals surface area (Å²) in [7, 11) is 0. The van der Waals surface area contributed by atoms with Gasteiger partial charge in [-0.1, -0.05) is 11.8 Å². The number of amides is 1. The van der Waals surface area contributed by atoms with E-state index in [4.69, 9.17) is 5.11 Å². The standard InChI is InChI=1S/C14H10FN3O2/c15-11-3-4-12(10(8-11)2-1-7-19)14(20)18-13-9-16-5-6-17-13/h3-6,8-9,19H,7H2,(H,17,18,20). The lowest BCUT2D eigenvalue weighted by Crippen LogP contribution is -2.14. The minimum absolute atomic E-state index is 0.193. The van der Waals surface area contributed by atoms with E-state index in [1.807, 2.05) is 0 Å². The first-order valence-corrected chi connectivity index (χ1v) is 5.67. The molecule has 0 spiro atoms. The molecule has 0 aliphatic heterocycles. The third-order valence-corrected chi connectivity index (χ3v) is 2.33. The minimum Gasteiger partial charge on any atom is -0.384 e. The predicted octanol–water partition coefficient (Wildman–Crippen LogP) is 1.21. The maximum atomic E-state index is 13.2. The molecule has 1 amide bonds. The second-order valence-corrected chi connectivity index (χ2v) is 3.69. The molecule has 0 fully saturated rings. The van der Waals surface area contributed by atoms with Crippen LogP contribution in [-0.2, 0) is 0 Å². The first-order valence-electron chi connectivity index (χ1n) is 5.67. The lowest BCUT2D eigenvalue weighted by molar-refractivity contribution is 0.102. The van der Waals surface area contributed by atoms with Crippen LogP contribution in [0.25, 0.3) is 0 Å². The molecular formula is C14H10FN3O2. The van der Waals surface area contributed by atoms with Gasteiger partial charge in [-0.05, 0) is 18.2 Å². The summed E-state index contributed by atoms with van der Waals surface area (Å²) >= 11 is 0. The Balaban J connectivity index is 2.30. The summed E-state index contributed by atoms with van der Waals surface area (Å²) in [5.41, 5.74) is 0.387. The fraction of sp³-hybridized carbons (Fsp3) is 0.0714. The van der Waals surface area contributed by atoms with E-state index in [0.29, 0.717) is 0 Å². The summed E-state index contributed by atoms with van der Waals surface area (Å²) < 4.78 is 13.2. The molecule has 0 aliphatic carbocycles. The average molecular weight is 271 g/mol. The maximum absolute atomic E-state index is 13.2. The van der Waals surface area contributed by atoms with Crippen LogP contribution in [-0.4, -0.2) is 27.6 Å². The molecular weight excluding hydrogens is 261 g/mol. The lowest BCUT2D eigenvalue weighted by atomic mass is 10.1. The highest BCUT2D eigenvalue weighted by Gasteiger charge is 2.12. The number of nitrogens with zero attached hydrogens (tertiary/aromatic N) is 2. The number of carbonyl (C=O) groups excluding carboxylic acids is 1. The summed E-state index contributed by atoms with van der Waals surface area (Å²) in [6.45, 7) is -0.373. The molecule has 0 radical (unpaired) electrons. The summed E-state index contributed by atoms with van der Waals surface area (Å²) in [5, 5.41) is 11.2. The van der Waals surface area contributed by atoms with Crippen molar-refractivity contribution >= 4 is 11.7 Å². The van der Waals surface area contributed by atoms with Crippen LogP contribution in [0.15, 0.2) is 36.8 Å². The lowest BCUT2D eigenvalue weighted by Gasteiger charge is -2.06. The molecule has 0 unspecified atom stereocenters. The van der Waals surface area contributed by atoms with E-state index in [9.17, 15) is 9.18 Å². The van der Waals surface area contributed by atoms with E-state index >= 15 is 0 Å². The first-order chi connectivity index (χ1) is 9.70. The van der Waals surface area contributed by atoms with E-state index in [0.717, 1.165) is 12.1 Å². The SMILES string of the molecule is O=C(Nc1cnccn1)c1ccc(F)cc1C#CCO. The number of halogens is 1. The largest absolute Gasteiger partial charge is 0.384 e. The van der Waals surface area contributed by atoms with Gasteiger partial charge in [0.05, 0.1) is 11.8 Å². The molecule has 2 N–H and O–H groups in total. The van der Waals surface area contributed by atoms with Crippen molar-refractivity contribution in [3.8, 4) is 11.8 Å². The van der Waals surface area contributed by atoms with Crippen molar-refractivity contribution in [2.24, 2.45) is 0 Å². The monoisotopic (exact) mass is 271 g/mol. The summed E-state index contributed by atoms with van der Waals surface area (Å²) in [4.78, 5) is 19.8. The zero-order chi connectivity index (χ0) is 14.4. The third kappa shape index (κ3) is 3.37. The molecule has 1 aromatic heterocycles. The number of benzene rings is 1. The van der Waals surface area contributed by atoms with E-state index in [-0.39, 0.29) is 23.6 Å². The number of carbonyl (C=O) groups is 1. The van der Waals surface area contributed by atoms with Gasteiger partial charge < -0.3 is 10.4 Å². The topological polar surface area (TPSA) is 75.1 Å². The molecule has 5 nitrogen and oxygen atoms in total. The van der Waals surface area contributed by atoms with Crippen LogP contribution < -0.4 is 5.32 Å². The maximum Gasteiger partial charge on any atom is 0.258 e. The fourth-order valence-corrected chi connectivity index (χ4v) is 1.50. The Bertz CT molecular complexity index is 678. The highest BCUT2D eigenvalue weighted by molar-refractivity contribution is 6.05. The second kappa shape index (κ2) is 6.41. The molecule has 0 aliphatic rings. The Labute approximate surface area is 114 Å². The molecule has 0 bridgehead atoms. The highest BCUT2D eigenvalue weighted by atomic mass is 19.1. The average Bonchev–Trinajstić information content (AvgIpc) is 2.46. The van der Waals surface area contributed by atoms with Gasteiger partial charge in [0.25, 0.3) is 5.91 Å². The van der Waals surface area contributed by atoms with Crippen LogP contribution in [0.4, 0.5) is 10.2 Å². The van der Waals surface area contributed by atoms with Crippen molar-refractivity contribution in [1.29, 1.82) is 0 Å². The Morgan fingerprint density at radius 2 is 2.25 bits per heavy atom. The molecule has 2 rings (SSSR count). The molecule has 100 valence electrons. The van der Waals surface area contributed by atoms with E-state index in [2.05, 4.69) is 27.1 Å². The molecule has 1 heterocycles. The zero-order valence-corrected chi connectivity index (χ0v) is 10.3. The van der Waals surface area contributed by atoms with Gasteiger partial charge in [0.2, 0.25) is 0 Å². The van der Waals surface area contributed by atoms with Crippen LogP contribution in [0.3, 0.4) is 0 Å².